The van der Waals surface area contributed by atoms with Crippen molar-refractivity contribution in [2.75, 3.05) is 11.9 Å². The van der Waals surface area contributed by atoms with Gasteiger partial charge in [-0.05, 0) is 38.5 Å². The average Bonchev–Trinajstić information content (AvgIpc) is 2.70. The lowest BCUT2D eigenvalue weighted by Gasteiger charge is -2.41. The molecule has 0 spiro atoms. The molecule has 0 saturated heterocycles. The topological polar surface area (TPSA) is 41.6 Å². The van der Waals surface area contributed by atoms with Crippen LogP contribution < -0.4 is 10.1 Å². The van der Waals surface area contributed by atoms with Crippen molar-refractivity contribution < 1.29 is 9.53 Å². The second-order valence-electron chi connectivity index (χ2n) is 7.70. The third-order valence-corrected chi connectivity index (χ3v) is 5.24. The maximum atomic E-state index is 13.2. The minimum atomic E-state index is -0.237. The zero-order valence-electron chi connectivity index (χ0n) is 17.3. The number of para-hydroxylation sites is 2. The van der Waals surface area contributed by atoms with Gasteiger partial charge in [-0.15, -0.1) is 0 Å². The van der Waals surface area contributed by atoms with E-state index in [2.05, 4.69) is 32.2 Å². The van der Waals surface area contributed by atoms with Gasteiger partial charge in [0.15, 0.2) is 0 Å². The van der Waals surface area contributed by atoms with Crippen LogP contribution in [0, 0.1) is 0 Å². The molecule has 28 heavy (non-hydrogen) atoms. The Kier molecular flexibility index (Phi) is 6.96. The van der Waals surface area contributed by atoms with Crippen LogP contribution >= 0.6 is 0 Å². The molecule has 1 atom stereocenters. The van der Waals surface area contributed by atoms with Crippen molar-refractivity contribution in [3.05, 3.63) is 59.7 Å². The van der Waals surface area contributed by atoms with Crippen LogP contribution in [-0.4, -0.2) is 23.5 Å². The lowest BCUT2D eigenvalue weighted by molar-refractivity contribution is 0.0614. The van der Waals surface area contributed by atoms with E-state index in [1.54, 1.807) is 0 Å². The predicted molar refractivity (Wildman–Crippen MR) is 115 cm³/mol. The molecule has 4 heteroatoms. The lowest BCUT2D eigenvalue weighted by atomic mass is 10.0. The Hall–Kier alpha value is -2.49. The first-order chi connectivity index (χ1) is 13.6. The van der Waals surface area contributed by atoms with Gasteiger partial charge in [-0.1, -0.05) is 62.9 Å². The van der Waals surface area contributed by atoms with E-state index < -0.39 is 0 Å². The van der Waals surface area contributed by atoms with Crippen molar-refractivity contribution in [3.63, 3.8) is 0 Å². The molecule has 1 heterocycles. The van der Waals surface area contributed by atoms with Gasteiger partial charge in [-0.2, -0.15) is 0 Å². The molecule has 0 aliphatic carbocycles. The Labute approximate surface area is 168 Å². The molecule has 0 saturated carbocycles. The smallest absolute Gasteiger partial charge is 0.258 e. The van der Waals surface area contributed by atoms with E-state index in [1.165, 1.54) is 25.7 Å². The summed E-state index contributed by atoms with van der Waals surface area (Å²) in [5.41, 5.74) is 2.61. The molecule has 4 nitrogen and oxygen atoms in total. The van der Waals surface area contributed by atoms with E-state index in [1.807, 2.05) is 47.4 Å². The largest absolute Gasteiger partial charge is 0.493 e. The fraction of sp³-hybridized carbons (Fsp3) is 0.458. The number of nitrogens with zero attached hydrogens (tertiary/aromatic N) is 1. The van der Waals surface area contributed by atoms with Crippen molar-refractivity contribution in [1.29, 1.82) is 0 Å². The third kappa shape index (κ3) is 4.49. The van der Waals surface area contributed by atoms with E-state index in [-0.39, 0.29) is 18.1 Å². The first-order valence-corrected chi connectivity index (χ1v) is 10.5. The first kappa shape index (κ1) is 20.2. The van der Waals surface area contributed by atoms with Crippen molar-refractivity contribution in [2.24, 2.45) is 0 Å². The Balaban J connectivity index is 1.81. The standard InChI is InChI=1S/C24H32N2O2/c1-4-5-6-7-12-17-28-22-16-11-9-14-20(22)23-25-21-15-10-8-13-19(21)24(27)26(23)18(2)3/h8-11,13-16,18,23,25H,4-7,12,17H2,1-3H3. The van der Waals surface area contributed by atoms with Crippen molar-refractivity contribution in [2.45, 2.75) is 65.1 Å². The zero-order valence-corrected chi connectivity index (χ0v) is 17.3. The Morgan fingerprint density at radius 2 is 1.71 bits per heavy atom. The van der Waals surface area contributed by atoms with Crippen molar-refractivity contribution in [3.8, 4) is 5.75 Å². The summed E-state index contributed by atoms with van der Waals surface area (Å²) in [4.78, 5) is 15.1. The molecular formula is C24H32N2O2. The number of hydrogen-bond donors (Lipinski definition) is 1. The summed E-state index contributed by atoms with van der Waals surface area (Å²) in [5, 5.41) is 3.56. The molecule has 1 aliphatic rings. The van der Waals surface area contributed by atoms with Crippen molar-refractivity contribution >= 4 is 11.6 Å². The Morgan fingerprint density at radius 1 is 1.00 bits per heavy atom. The maximum Gasteiger partial charge on any atom is 0.258 e. The maximum absolute atomic E-state index is 13.2. The number of benzene rings is 2. The number of ether oxygens (including phenoxy) is 1. The van der Waals surface area contributed by atoms with Crippen LogP contribution in [0.5, 0.6) is 5.75 Å². The molecular weight excluding hydrogens is 348 g/mol. The van der Waals surface area contributed by atoms with E-state index in [0.717, 1.165) is 29.0 Å². The predicted octanol–water partition coefficient (Wildman–Crippen LogP) is 6.01. The summed E-state index contributed by atoms with van der Waals surface area (Å²) in [6.07, 6.45) is 5.81. The summed E-state index contributed by atoms with van der Waals surface area (Å²) in [6, 6.07) is 15.9. The van der Waals surface area contributed by atoms with Gasteiger partial charge in [-0.25, -0.2) is 0 Å². The third-order valence-electron chi connectivity index (χ3n) is 5.24. The van der Waals surface area contributed by atoms with E-state index >= 15 is 0 Å². The van der Waals surface area contributed by atoms with Crippen molar-refractivity contribution in [1.82, 2.24) is 4.90 Å². The summed E-state index contributed by atoms with van der Waals surface area (Å²) in [5.74, 6) is 0.914. The van der Waals surface area contributed by atoms with Crippen LogP contribution in [0.25, 0.3) is 0 Å². The quantitative estimate of drug-likeness (QED) is 0.542. The lowest BCUT2D eigenvalue weighted by Crippen LogP contribution is -2.46. The molecule has 2 aromatic rings. The Morgan fingerprint density at radius 3 is 2.50 bits per heavy atom. The molecule has 150 valence electrons. The number of unbranched alkanes of at least 4 members (excludes halogenated alkanes) is 4. The minimum Gasteiger partial charge on any atom is -0.493 e. The van der Waals surface area contributed by atoms with E-state index in [0.29, 0.717) is 6.61 Å². The number of carbonyl (C=O) groups excluding carboxylic acids is 1. The van der Waals surface area contributed by atoms with Gasteiger partial charge < -0.3 is 15.0 Å². The number of nitrogens with one attached hydrogen (secondary N) is 1. The molecule has 0 bridgehead atoms. The molecule has 0 fully saturated rings. The minimum absolute atomic E-state index is 0.0590. The molecule has 2 aromatic carbocycles. The highest BCUT2D eigenvalue weighted by Crippen LogP contribution is 2.37. The highest BCUT2D eigenvalue weighted by molar-refractivity contribution is 6.01. The number of carbonyl (C=O) groups is 1. The van der Waals surface area contributed by atoms with Gasteiger partial charge in [-0.3, -0.25) is 4.79 Å². The van der Waals surface area contributed by atoms with Crippen LogP contribution in [0.15, 0.2) is 48.5 Å². The van der Waals surface area contributed by atoms with E-state index in [4.69, 9.17) is 4.74 Å². The van der Waals surface area contributed by atoms with Gasteiger partial charge in [0.25, 0.3) is 5.91 Å². The molecule has 1 aliphatic heterocycles. The van der Waals surface area contributed by atoms with E-state index in [9.17, 15) is 4.79 Å². The summed E-state index contributed by atoms with van der Waals surface area (Å²) < 4.78 is 6.14. The van der Waals surface area contributed by atoms with Crippen LogP contribution in [0.2, 0.25) is 0 Å². The van der Waals surface area contributed by atoms with Crippen LogP contribution in [0.4, 0.5) is 5.69 Å². The van der Waals surface area contributed by atoms with Crippen LogP contribution in [0.1, 0.15) is 75.0 Å². The summed E-state index contributed by atoms with van der Waals surface area (Å²) in [6.45, 7) is 7.04. The van der Waals surface area contributed by atoms with Gasteiger partial charge in [0, 0.05) is 17.3 Å². The van der Waals surface area contributed by atoms with Gasteiger partial charge in [0.2, 0.25) is 0 Å². The number of anilines is 1. The molecule has 3 rings (SSSR count). The monoisotopic (exact) mass is 380 g/mol. The van der Waals surface area contributed by atoms with Crippen LogP contribution in [0.3, 0.4) is 0 Å². The highest BCUT2D eigenvalue weighted by atomic mass is 16.5. The number of amides is 1. The zero-order chi connectivity index (χ0) is 19.9. The molecule has 1 amide bonds. The molecule has 1 unspecified atom stereocenters. The van der Waals surface area contributed by atoms with Crippen LogP contribution in [-0.2, 0) is 0 Å². The molecule has 0 radical (unpaired) electrons. The second-order valence-corrected chi connectivity index (χ2v) is 7.70. The fourth-order valence-corrected chi connectivity index (χ4v) is 3.75. The molecule has 0 aromatic heterocycles. The summed E-state index contributed by atoms with van der Waals surface area (Å²) >= 11 is 0. The number of rotatable bonds is 9. The van der Waals surface area contributed by atoms with Gasteiger partial charge in [0.05, 0.1) is 12.2 Å². The average molecular weight is 381 g/mol. The number of hydrogen-bond acceptors (Lipinski definition) is 3. The highest BCUT2D eigenvalue weighted by Gasteiger charge is 2.35. The molecule has 1 N–H and O–H groups in total. The number of fused-ring (bicyclic) bond motifs is 1. The Bertz CT molecular complexity index is 788. The van der Waals surface area contributed by atoms with Gasteiger partial charge >= 0.3 is 0 Å². The van der Waals surface area contributed by atoms with Gasteiger partial charge in [0.1, 0.15) is 11.9 Å². The SMILES string of the molecule is CCCCCCCOc1ccccc1C1Nc2ccccc2C(=O)N1C(C)C. The normalized spacial score (nSPS) is 16.1. The second kappa shape index (κ2) is 9.63. The summed E-state index contributed by atoms with van der Waals surface area (Å²) in [7, 11) is 0. The first-order valence-electron chi connectivity index (χ1n) is 10.5. The fourth-order valence-electron chi connectivity index (χ4n) is 3.75.